The van der Waals surface area contributed by atoms with Crippen LogP contribution in [0.15, 0.2) is 48.5 Å². The van der Waals surface area contributed by atoms with Crippen molar-refractivity contribution in [2.45, 2.75) is 44.3 Å². The van der Waals surface area contributed by atoms with Gasteiger partial charge in [-0.3, -0.25) is 9.69 Å². The minimum atomic E-state index is -0.237. The Hall–Kier alpha value is -2.31. The average molecular weight is 410 g/mol. The summed E-state index contributed by atoms with van der Waals surface area (Å²) in [6.45, 7) is 1.64. The fourth-order valence-electron chi connectivity index (χ4n) is 4.21. The maximum absolute atomic E-state index is 14.1. The number of thiazole rings is 1. The van der Waals surface area contributed by atoms with Crippen molar-refractivity contribution in [2.24, 2.45) is 0 Å². The molecule has 1 unspecified atom stereocenters. The quantitative estimate of drug-likeness (QED) is 0.589. The number of nitrogens with zero attached hydrogens (tertiary/aromatic N) is 3. The van der Waals surface area contributed by atoms with Crippen molar-refractivity contribution in [2.75, 3.05) is 13.1 Å². The lowest BCUT2D eigenvalue weighted by Crippen LogP contribution is -2.41. The summed E-state index contributed by atoms with van der Waals surface area (Å²) in [6.07, 6.45) is 4.14. The number of rotatable bonds is 6. The summed E-state index contributed by atoms with van der Waals surface area (Å²) in [5.74, 6) is -0.136. The van der Waals surface area contributed by atoms with Crippen LogP contribution in [0.1, 0.15) is 42.3 Å². The molecular formula is C23H24FN3OS. The summed E-state index contributed by atoms with van der Waals surface area (Å²) < 4.78 is 15.3. The molecule has 2 heterocycles. The van der Waals surface area contributed by atoms with Crippen LogP contribution in [0.4, 0.5) is 4.39 Å². The first-order valence-corrected chi connectivity index (χ1v) is 11.1. The molecule has 6 heteroatoms. The molecule has 1 aliphatic heterocycles. The van der Waals surface area contributed by atoms with Crippen LogP contribution in [0.5, 0.6) is 0 Å². The molecule has 1 saturated carbocycles. The van der Waals surface area contributed by atoms with Crippen LogP contribution in [-0.4, -0.2) is 39.8 Å². The van der Waals surface area contributed by atoms with E-state index in [2.05, 4.69) is 11.0 Å². The number of likely N-dealkylation sites (tertiary alicyclic amines) is 1. The van der Waals surface area contributed by atoms with E-state index in [0.717, 1.165) is 42.8 Å². The van der Waals surface area contributed by atoms with E-state index >= 15 is 0 Å². The number of hydrogen-bond donors (Lipinski definition) is 0. The molecule has 0 bridgehead atoms. The minimum absolute atomic E-state index is 0.101. The lowest BCUT2D eigenvalue weighted by molar-refractivity contribution is -0.134. The van der Waals surface area contributed by atoms with Gasteiger partial charge in [0.1, 0.15) is 10.8 Å². The average Bonchev–Trinajstić information content (AvgIpc) is 3.30. The van der Waals surface area contributed by atoms with Crippen molar-refractivity contribution in [1.82, 2.24) is 14.8 Å². The standard InChI is InChI=1S/C23H24FN3OS/c24-18-7-2-1-6-16(18)14-27(17-11-12-17)22(28)15-26-13-5-9-20(26)23-25-19-8-3-4-10-21(19)29-23/h1-4,6-8,10,17,20H,5,9,11-15H2. The van der Waals surface area contributed by atoms with Crippen molar-refractivity contribution >= 4 is 27.5 Å². The first kappa shape index (κ1) is 18.7. The zero-order valence-corrected chi connectivity index (χ0v) is 17.1. The maximum atomic E-state index is 14.1. The molecule has 1 amide bonds. The fourth-order valence-corrected chi connectivity index (χ4v) is 5.35. The highest BCUT2D eigenvalue weighted by Crippen LogP contribution is 2.37. The van der Waals surface area contributed by atoms with E-state index in [1.54, 1.807) is 23.5 Å². The Bertz CT molecular complexity index is 999. The van der Waals surface area contributed by atoms with E-state index < -0.39 is 0 Å². The number of hydrogen-bond acceptors (Lipinski definition) is 4. The first-order valence-electron chi connectivity index (χ1n) is 10.3. The number of carbonyl (C=O) groups is 1. The van der Waals surface area contributed by atoms with Crippen molar-refractivity contribution in [3.05, 3.63) is 64.9 Å². The van der Waals surface area contributed by atoms with Crippen molar-refractivity contribution < 1.29 is 9.18 Å². The first-order chi connectivity index (χ1) is 14.2. The molecule has 150 valence electrons. The lowest BCUT2D eigenvalue weighted by Gasteiger charge is -2.28. The van der Waals surface area contributed by atoms with E-state index in [1.165, 1.54) is 10.8 Å². The number of para-hydroxylation sites is 1. The van der Waals surface area contributed by atoms with Gasteiger partial charge in [-0.25, -0.2) is 9.37 Å². The predicted molar refractivity (Wildman–Crippen MR) is 113 cm³/mol. The van der Waals surface area contributed by atoms with Crippen molar-refractivity contribution in [3.8, 4) is 0 Å². The van der Waals surface area contributed by atoms with Crippen LogP contribution in [0.2, 0.25) is 0 Å². The third-order valence-corrected chi connectivity index (χ3v) is 7.04. The van der Waals surface area contributed by atoms with E-state index in [-0.39, 0.29) is 23.8 Å². The maximum Gasteiger partial charge on any atom is 0.237 e. The van der Waals surface area contributed by atoms with Gasteiger partial charge < -0.3 is 4.90 Å². The molecule has 2 aromatic carbocycles. The predicted octanol–water partition coefficient (Wildman–Crippen LogP) is 4.76. The highest BCUT2D eigenvalue weighted by atomic mass is 32.1. The summed E-state index contributed by atoms with van der Waals surface area (Å²) in [5.41, 5.74) is 1.63. The zero-order chi connectivity index (χ0) is 19.8. The molecule has 0 N–H and O–H groups in total. The van der Waals surface area contributed by atoms with Crippen LogP contribution >= 0.6 is 11.3 Å². The van der Waals surface area contributed by atoms with Crippen molar-refractivity contribution in [3.63, 3.8) is 0 Å². The Balaban J connectivity index is 1.32. The van der Waals surface area contributed by atoms with E-state index in [0.29, 0.717) is 18.7 Å². The van der Waals surface area contributed by atoms with Crippen LogP contribution < -0.4 is 0 Å². The minimum Gasteiger partial charge on any atom is -0.334 e. The zero-order valence-electron chi connectivity index (χ0n) is 16.3. The number of carbonyl (C=O) groups excluding carboxylic acids is 1. The number of benzene rings is 2. The number of halogens is 1. The SMILES string of the molecule is O=C(CN1CCCC1c1nc2ccccc2s1)N(Cc1ccccc1F)C1CC1. The second-order valence-electron chi connectivity index (χ2n) is 7.99. The molecule has 2 fully saturated rings. The highest BCUT2D eigenvalue weighted by molar-refractivity contribution is 7.18. The Morgan fingerprint density at radius 3 is 2.72 bits per heavy atom. The summed E-state index contributed by atoms with van der Waals surface area (Å²) >= 11 is 1.73. The highest BCUT2D eigenvalue weighted by Gasteiger charge is 2.36. The summed E-state index contributed by atoms with van der Waals surface area (Å²) in [7, 11) is 0. The van der Waals surface area contributed by atoms with Gasteiger partial charge in [0.05, 0.1) is 22.8 Å². The molecule has 0 spiro atoms. The number of fused-ring (bicyclic) bond motifs is 1. The van der Waals surface area contributed by atoms with Crippen LogP contribution in [0.25, 0.3) is 10.2 Å². The van der Waals surface area contributed by atoms with Gasteiger partial charge >= 0.3 is 0 Å². The molecule has 1 aliphatic carbocycles. The van der Waals surface area contributed by atoms with Gasteiger partial charge in [-0.1, -0.05) is 30.3 Å². The van der Waals surface area contributed by atoms with Crippen LogP contribution in [0.3, 0.4) is 0 Å². The van der Waals surface area contributed by atoms with Gasteiger partial charge in [0, 0.05) is 18.2 Å². The second-order valence-corrected chi connectivity index (χ2v) is 9.05. The third kappa shape index (κ3) is 3.91. The molecule has 29 heavy (non-hydrogen) atoms. The van der Waals surface area contributed by atoms with E-state index in [4.69, 9.17) is 4.98 Å². The third-order valence-electron chi connectivity index (χ3n) is 5.90. The van der Waals surface area contributed by atoms with Crippen LogP contribution in [0, 0.1) is 5.82 Å². The normalized spacial score (nSPS) is 19.7. The number of amides is 1. The molecule has 4 nitrogen and oxygen atoms in total. The molecule has 2 aliphatic rings. The van der Waals surface area contributed by atoms with Gasteiger partial charge in [0.25, 0.3) is 0 Å². The van der Waals surface area contributed by atoms with E-state index in [1.807, 2.05) is 29.2 Å². The Morgan fingerprint density at radius 2 is 1.93 bits per heavy atom. The van der Waals surface area contributed by atoms with E-state index in [9.17, 15) is 9.18 Å². The van der Waals surface area contributed by atoms with Crippen molar-refractivity contribution in [1.29, 1.82) is 0 Å². The van der Waals surface area contributed by atoms with Gasteiger partial charge in [-0.2, -0.15) is 0 Å². The summed E-state index contributed by atoms with van der Waals surface area (Å²) in [6, 6.07) is 15.4. The molecule has 5 rings (SSSR count). The monoisotopic (exact) mass is 409 g/mol. The van der Waals surface area contributed by atoms with Gasteiger partial charge in [-0.05, 0) is 50.4 Å². The summed E-state index contributed by atoms with van der Waals surface area (Å²) in [5, 5.41) is 1.10. The molecule has 0 radical (unpaired) electrons. The molecule has 1 aromatic heterocycles. The molecule has 1 atom stereocenters. The fraction of sp³-hybridized carbons (Fsp3) is 0.391. The smallest absolute Gasteiger partial charge is 0.237 e. The van der Waals surface area contributed by atoms with Gasteiger partial charge in [0.2, 0.25) is 5.91 Å². The molecular weight excluding hydrogens is 385 g/mol. The lowest BCUT2D eigenvalue weighted by atomic mass is 10.2. The topological polar surface area (TPSA) is 36.4 Å². The van der Waals surface area contributed by atoms with Crippen LogP contribution in [-0.2, 0) is 11.3 Å². The van der Waals surface area contributed by atoms with Gasteiger partial charge in [-0.15, -0.1) is 11.3 Å². The summed E-state index contributed by atoms with van der Waals surface area (Å²) in [4.78, 5) is 22.2. The van der Waals surface area contributed by atoms with Gasteiger partial charge in [0.15, 0.2) is 0 Å². The number of aromatic nitrogens is 1. The Labute approximate surface area is 174 Å². The molecule has 3 aromatic rings. The Morgan fingerprint density at radius 1 is 1.14 bits per heavy atom. The molecule has 1 saturated heterocycles. The largest absolute Gasteiger partial charge is 0.334 e. The Kier molecular flexibility index (Phi) is 5.06. The second kappa shape index (κ2) is 7.84.